The monoisotopic (exact) mass is 290 g/mol. The van der Waals surface area contributed by atoms with Crippen molar-refractivity contribution < 1.29 is 0 Å². The normalized spacial score (nSPS) is 14.2. The molecule has 2 heterocycles. The van der Waals surface area contributed by atoms with Crippen molar-refractivity contribution in [1.29, 1.82) is 0 Å². The lowest BCUT2D eigenvalue weighted by molar-refractivity contribution is 0.612. The third-order valence-electron chi connectivity index (χ3n) is 4.88. The van der Waals surface area contributed by atoms with Crippen LogP contribution in [0.2, 0.25) is 0 Å². The van der Waals surface area contributed by atoms with Gasteiger partial charge in [0.05, 0.1) is 0 Å². The first-order valence-electron chi connectivity index (χ1n) is 8.32. The maximum Gasteiger partial charge on any atom is 0.0485 e. The zero-order valence-electron chi connectivity index (χ0n) is 13.2. The van der Waals surface area contributed by atoms with E-state index in [1.807, 2.05) is 18.5 Å². The highest BCUT2D eigenvalue weighted by atomic mass is 15.0. The van der Waals surface area contributed by atoms with Crippen LogP contribution in [0.1, 0.15) is 35.2 Å². The minimum absolute atomic E-state index is 1.05. The van der Waals surface area contributed by atoms with Crippen molar-refractivity contribution in [2.75, 3.05) is 0 Å². The van der Waals surface area contributed by atoms with Gasteiger partial charge in [-0.1, -0.05) is 17.7 Å². The summed E-state index contributed by atoms with van der Waals surface area (Å²) in [5.41, 5.74) is 7.29. The van der Waals surface area contributed by atoms with Crippen LogP contribution in [0.15, 0.2) is 42.7 Å². The fourth-order valence-electron chi connectivity index (χ4n) is 3.79. The molecule has 112 valence electrons. The Kier molecular flexibility index (Phi) is 3.45. The molecule has 0 unspecified atom stereocenters. The molecule has 0 N–H and O–H groups in total. The lowest BCUT2D eigenvalue weighted by Gasteiger charge is -2.16. The van der Waals surface area contributed by atoms with Crippen molar-refractivity contribution in [2.45, 2.75) is 45.6 Å². The Morgan fingerprint density at radius 3 is 2.91 bits per heavy atom. The molecule has 0 bridgehead atoms. The van der Waals surface area contributed by atoms with E-state index in [9.17, 15) is 0 Å². The molecule has 0 radical (unpaired) electrons. The van der Waals surface area contributed by atoms with Gasteiger partial charge in [0.1, 0.15) is 0 Å². The van der Waals surface area contributed by atoms with E-state index in [4.69, 9.17) is 0 Å². The lowest BCUT2D eigenvalue weighted by Crippen LogP contribution is -2.10. The summed E-state index contributed by atoms with van der Waals surface area (Å²) < 4.78 is 2.57. The van der Waals surface area contributed by atoms with Gasteiger partial charge < -0.3 is 4.57 Å². The quantitative estimate of drug-likeness (QED) is 0.696. The number of aromatic nitrogens is 2. The van der Waals surface area contributed by atoms with Crippen LogP contribution in [-0.4, -0.2) is 9.55 Å². The molecule has 0 amide bonds. The molecule has 1 aromatic carbocycles. The maximum absolute atomic E-state index is 4.24. The Morgan fingerprint density at radius 1 is 1.14 bits per heavy atom. The largest absolute Gasteiger partial charge is 0.344 e. The van der Waals surface area contributed by atoms with Crippen LogP contribution in [0.25, 0.3) is 10.9 Å². The van der Waals surface area contributed by atoms with Crippen LogP contribution in [0.3, 0.4) is 0 Å². The van der Waals surface area contributed by atoms with Crippen LogP contribution in [0, 0.1) is 6.92 Å². The molecule has 1 aliphatic rings. The summed E-state index contributed by atoms with van der Waals surface area (Å²) in [5.74, 6) is 0. The van der Waals surface area contributed by atoms with Crippen molar-refractivity contribution in [2.24, 2.45) is 0 Å². The van der Waals surface area contributed by atoms with Gasteiger partial charge >= 0.3 is 0 Å². The second-order valence-corrected chi connectivity index (χ2v) is 6.42. The van der Waals surface area contributed by atoms with Crippen molar-refractivity contribution in [3.63, 3.8) is 0 Å². The molecule has 0 saturated heterocycles. The minimum Gasteiger partial charge on any atom is -0.344 e. The van der Waals surface area contributed by atoms with Gasteiger partial charge in [-0.15, -0.1) is 0 Å². The first-order valence-corrected chi connectivity index (χ1v) is 8.32. The summed E-state index contributed by atoms with van der Waals surface area (Å²) >= 11 is 0. The van der Waals surface area contributed by atoms with E-state index in [-0.39, 0.29) is 0 Å². The lowest BCUT2D eigenvalue weighted by atomic mass is 9.95. The van der Waals surface area contributed by atoms with Crippen molar-refractivity contribution >= 4 is 10.9 Å². The van der Waals surface area contributed by atoms with Crippen LogP contribution < -0.4 is 0 Å². The standard InChI is InChI=1S/C20H22N2/c1-15-8-9-20-18(13-15)17-6-2-3-7-19(17)22(20)12-10-16-5-4-11-21-14-16/h4-5,8-9,11,13-14H,2-3,6-7,10,12H2,1H3. The summed E-state index contributed by atoms with van der Waals surface area (Å²) in [7, 11) is 0. The zero-order chi connectivity index (χ0) is 14.9. The zero-order valence-corrected chi connectivity index (χ0v) is 13.2. The molecule has 22 heavy (non-hydrogen) atoms. The van der Waals surface area contributed by atoms with Gasteiger partial charge in [0.25, 0.3) is 0 Å². The van der Waals surface area contributed by atoms with Crippen LogP contribution >= 0.6 is 0 Å². The fourth-order valence-corrected chi connectivity index (χ4v) is 3.79. The molecule has 2 aromatic heterocycles. The van der Waals surface area contributed by atoms with Crippen LogP contribution in [0.5, 0.6) is 0 Å². The molecular weight excluding hydrogens is 268 g/mol. The fraction of sp³-hybridized carbons (Fsp3) is 0.350. The number of hydrogen-bond acceptors (Lipinski definition) is 1. The molecule has 1 aliphatic carbocycles. The average molecular weight is 290 g/mol. The Hall–Kier alpha value is -2.09. The van der Waals surface area contributed by atoms with Crippen molar-refractivity contribution in [3.05, 3.63) is 65.1 Å². The Balaban J connectivity index is 1.76. The summed E-state index contributed by atoms with van der Waals surface area (Å²) in [6.07, 6.45) is 10.0. The molecule has 2 heteroatoms. The SMILES string of the molecule is Cc1ccc2c(c1)c1c(n2CCc2cccnc2)CCCC1. The molecule has 0 fully saturated rings. The van der Waals surface area contributed by atoms with Gasteiger partial charge in [-0.05, 0) is 68.4 Å². The highest BCUT2D eigenvalue weighted by Gasteiger charge is 2.19. The number of benzene rings is 1. The molecule has 0 saturated carbocycles. The highest BCUT2D eigenvalue weighted by molar-refractivity contribution is 5.86. The molecule has 0 aliphatic heterocycles. The molecule has 4 rings (SSSR count). The van der Waals surface area contributed by atoms with Gasteiger partial charge in [0.2, 0.25) is 0 Å². The molecule has 0 spiro atoms. The van der Waals surface area contributed by atoms with Gasteiger partial charge in [-0.2, -0.15) is 0 Å². The summed E-state index contributed by atoms with van der Waals surface area (Å²) in [4.78, 5) is 4.24. The summed E-state index contributed by atoms with van der Waals surface area (Å²) in [5, 5.41) is 1.49. The molecule has 0 atom stereocenters. The Morgan fingerprint density at radius 2 is 2.05 bits per heavy atom. The molecular formula is C20H22N2. The summed E-state index contributed by atoms with van der Waals surface area (Å²) in [6.45, 7) is 3.25. The first kappa shape index (κ1) is 13.6. The van der Waals surface area contributed by atoms with E-state index in [1.54, 1.807) is 11.3 Å². The van der Waals surface area contributed by atoms with E-state index >= 15 is 0 Å². The number of fused-ring (bicyclic) bond motifs is 3. The predicted molar refractivity (Wildman–Crippen MR) is 91.3 cm³/mol. The van der Waals surface area contributed by atoms with Gasteiger partial charge in [0.15, 0.2) is 0 Å². The minimum atomic E-state index is 1.05. The number of rotatable bonds is 3. The van der Waals surface area contributed by atoms with Crippen LogP contribution in [0.4, 0.5) is 0 Å². The van der Waals surface area contributed by atoms with E-state index in [0.29, 0.717) is 0 Å². The van der Waals surface area contributed by atoms with Crippen molar-refractivity contribution in [3.8, 4) is 0 Å². The maximum atomic E-state index is 4.24. The highest BCUT2D eigenvalue weighted by Crippen LogP contribution is 2.33. The predicted octanol–water partition coefficient (Wildman–Crippen LogP) is 4.47. The Bertz CT molecular complexity index is 799. The first-order chi connectivity index (χ1) is 10.8. The summed E-state index contributed by atoms with van der Waals surface area (Å²) in [6, 6.07) is 11.1. The number of nitrogens with zero attached hydrogens (tertiary/aromatic N) is 2. The number of aryl methyl sites for hydroxylation is 4. The smallest absolute Gasteiger partial charge is 0.0485 e. The second-order valence-electron chi connectivity index (χ2n) is 6.42. The third kappa shape index (κ3) is 2.33. The van der Waals surface area contributed by atoms with Gasteiger partial charge in [-0.25, -0.2) is 0 Å². The van der Waals surface area contributed by atoms with E-state index in [0.717, 1.165) is 13.0 Å². The average Bonchev–Trinajstić information content (AvgIpc) is 2.87. The topological polar surface area (TPSA) is 17.8 Å². The number of pyridine rings is 1. The van der Waals surface area contributed by atoms with E-state index < -0.39 is 0 Å². The third-order valence-corrected chi connectivity index (χ3v) is 4.88. The van der Waals surface area contributed by atoms with Crippen molar-refractivity contribution in [1.82, 2.24) is 9.55 Å². The van der Waals surface area contributed by atoms with Crippen LogP contribution in [-0.2, 0) is 25.8 Å². The number of hydrogen-bond donors (Lipinski definition) is 0. The molecule has 3 aromatic rings. The van der Waals surface area contributed by atoms with E-state index in [1.165, 1.54) is 47.7 Å². The van der Waals surface area contributed by atoms with E-state index in [2.05, 4.69) is 40.7 Å². The Labute approximate surface area is 131 Å². The molecule has 2 nitrogen and oxygen atoms in total. The van der Waals surface area contributed by atoms with Gasteiger partial charge in [-0.3, -0.25) is 4.98 Å². The van der Waals surface area contributed by atoms with Gasteiger partial charge in [0, 0.05) is 35.5 Å². The second kappa shape index (κ2) is 5.60.